The topological polar surface area (TPSA) is 53.4 Å². The van der Waals surface area contributed by atoms with E-state index in [9.17, 15) is 4.79 Å². The molecule has 1 N–H and O–H groups in total. The molecule has 1 aromatic rings. The predicted molar refractivity (Wildman–Crippen MR) is 64.5 cm³/mol. The molecule has 0 saturated carbocycles. The molecule has 0 bridgehead atoms. The van der Waals surface area contributed by atoms with E-state index in [0.717, 1.165) is 0 Å². The first kappa shape index (κ1) is 11.8. The minimum Gasteiger partial charge on any atom is -0.396 e. The van der Waals surface area contributed by atoms with Gasteiger partial charge in [-0.25, -0.2) is 0 Å². The van der Waals surface area contributed by atoms with Crippen LogP contribution < -0.4 is 4.90 Å². The molecule has 6 heteroatoms. The quantitative estimate of drug-likeness (QED) is 0.907. The monoisotopic (exact) mass is 304 g/mol. The maximum Gasteiger partial charge on any atom is 0.227 e. The normalized spacial score (nSPS) is 20.6. The van der Waals surface area contributed by atoms with Crippen molar-refractivity contribution in [3.63, 3.8) is 0 Å². The van der Waals surface area contributed by atoms with Gasteiger partial charge in [-0.1, -0.05) is 11.6 Å². The third kappa shape index (κ3) is 2.07. The van der Waals surface area contributed by atoms with Crippen LogP contribution in [0.2, 0.25) is 5.02 Å². The van der Waals surface area contributed by atoms with Gasteiger partial charge in [0.1, 0.15) is 0 Å². The van der Waals surface area contributed by atoms with Gasteiger partial charge in [-0.05, 0) is 15.9 Å². The molecule has 1 aliphatic rings. The summed E-state index contributed by atoms with van der Waals surface area (Å²) in [5, 5.41) is 9.51. The molecule has 1 aromatic heterocycles. The van der Waals surface area contributed by atoms with Gasteiger partial charge in [0.25, 0.3) is 0 Å². The number of anilines is 1. The van der Waals surface area contributed by atoms with E-state index < -0.39 is 0 Å². The molecule has 2 heterocycles. The zero-order chi connectivity index (χ0) is 11.7. The SMILES string of the molecule is O=C1CC(CO)CN1c1cncc(Br)c1Cl. The second-order valence-corrected chi connectivity index (χ2v) is 4.94. The molecular weight excluding hydrogens is 295 g/mol. The van der Waals surface area contributed by atoms with E-state index in [4.69, 9.17) is 16.7 Å². The van der Waals surface area contributed by atoms with Gasteiger partial charge in [0, 0.05) is 31.7 Å². The van der Waals surface area contributed by atoms with Crippen LogP contribution >= 0.6 is 27.5 Å². The summed E-state index contributed by atoms with van der Waals surface area (Å²) >= 11 is 9.35. The first-order valence-electron chi connectivity index (χ1n) is 4.83. The summed E-state index contributed by atoms with van der Waals surface area (Å²) < 4.78 is 0.659. The summed E-state index contributed by atoms with van der Waals surface area (Å²) in [7, 11) is 0. The van der Waals surface area contributed by atoms with Gasteiger partial charge in [0.15, 0.2) is 0 Å². The molecule has 0 radical (unpaired) electrons. The molecule has 0 aliphatic carbocycles. The summed E-state index contributed by atoms with van der Waals surface area (Å²) in [6.45, 7) is 0.508. The van der Waals surface area contributed by atoms with Gasteiger partial charge in [0.05, 0.1) is 21.4 Å². The third-order valence-electron chi connectivity index (χ3n) is 2.57. The third-order valence-corrected chi connectivity index (χ3v) is 3.80. The number of nitrogens with zero attached hydrogens (tertiary/aromatic N) is 2. The van der Waals surface area contributed by atoms with Gasteiger partial charge in [-0.2, -0.15) is 0 Å². The number of carbonyl (C=O) groups is 1. The molecule has 1 atom stereocenters. The lowest BCUT2D eigenvalue weighted by atomic mass is 10.1. The lowest BCUT2D eigenvalue weighted by molar-refractivity contribution is -0.117. The molecule has 1 aliphatic heterocycles. The zero-order valence-corrected chi connectivity index (χ0v) is 10.7. The highest BCUT2D eigenvalue weighted by atomic mass is 79.9. The number of pyridine rings is 1. The van der Waals surface area contributed by atoms with E-state index in [0.29, 0.717) is 28.1 Å². The number of hydrogen-bond donors (Lipinski definition) is 1. The number of rotatable bonds is 2. The van der Waals surface area contributed by atoms with Gasteiger partial charge in [0.2, 0.25) is 5.91 Å². The Labute approximate surface area is 106 Å². The Balaban J connectivity index is 2.31. The molecule has 0 aromatic carbocycles. The predicted octanol–water partition coefficient (Wildman–Crippen LogP) is 1.84. The van der Waals surface area contributed by atoms with Gasteiger partial charge in [-0.3, -0.25) is 9.78 Å². The molecule has 16 heavy (non-hydrogen) atoms. The van der Waals surface area contributed by atoms with Gasteiger partial charge in [-0.15, -0.1) is 0 Å². The smallest absolute Gasteiger partial charge is 0.227 e. The Morgan fingerprint density at radius 2 is 2.38 bits per heavy atom. The fourth-order valence-corrected chi connectivity index (χ4v) is 2.25. The van der Waals surface area contributed by atoms with E-state index in [1.165, 1.54) is 0 Å². The number of hydrogen-bond acceptors (Lipinski definition) is 3. The first-order chi connectivity index (χ1) is 7.63. The lowest BCUT2D eigenvalue weighted by Crippen LogP contribution is -2.25. The van der Waals surface area contributed by atoms with E-state index in [2.05, 4.69) is 20.9 Å². The number of aliphatic hydroxyl groups excluding tert-OH is 1. The molecule has 2 rings (SSSR count). The van der Waals surface area contributed by atoms with Crippen molar-refractivity contribution >= 4 is 39.1 Å². The molecule has 1 saturated heterocycles. The van der Waals surface area contributed by atoms with Crippen molar-refractivity contribution in [2.75, 3.05) is 18.1 Å². The largest absolute Gasteiger partial charge is 0.396 e. The average molecular weight is 306 g/mol. The van der Waals surface area contributed by atoms with Crippen molar-refractivity contribution in [2.24, 2.45) is 5.92 Å². The van der Waals surface area contributed by atoms with E-state index in [1.54, 1.807) is 17.3 Å². The Morgan fingerprint density at radius 3 is 3.00 bits per heavy atom. The Morgan fingerprint density at radius 1 is 1.62 bits per heavy atom. The molecule has 1 fully saturated rings. The van der Waals surface area contributed by atoms with Crippen LogP contribution in [0.15, 0.2) is 16.9 Å². The maximum absolute atomic E-state index is 11.7. The minimum atomic E-state index is -0.0270. The molecule has 0 spiro atoms. The number of aliphatic hydroxyl groups is 1. The summed E-state index contributed by atoms with van der Waals surface area (Å²) in [6.07, 6.45) is 3.50. The molecule has 86 valence electrons. The van der Waals surface area contributed by atoms with E-state index >= 15 is 0 Å². The van der Waals surface area contributed by atoms with Gasteiger partial charge < -0.3 is 10.0 Å². The van der Waals surface area contributed by atoms with Crippen molar-refractivity contribution in [2.45, 2.75) is 6.42 Å². The fourth-order valence-electron chi connectivity index (χ4n) is 1.73. The van der Waals surface area contributed by atoms with Crippen molar-refractivity contribution in [3.8, 4) is 0 Å². The Hall–Kier alpha value is -0.650. The average Bonchev–Trinajstić information content (AvgIpc) is 2.64. The van der Waals surface area contributed by atoms with Crippen LogP contribution in [0.25, 0.3) is 0 Å². The second-order valence-electron chi connectivity index (χ2n) is 3.71. The number of halogens is 2. The zero-order valence-electron chi connectivity index (χ0n) is 8.36. The fraction of sp³-hybridized carbons (Fsp3) is 0.400. The standard InChI is InChI=1S/C10H10BrClN2O2/c11-7-2-13-3-8(10(7)12)14-4-6(5-15)1-9(14)16/h2-3,6,15H,1,4-5H2. The van der Waals surface area contributed by atoms with Crippen LogP contribution in [0.4, 0.5) is 5.69 Å². The summed E-state index contributed by atoms with van der Waals surface area (Å²) in [5.74, 6) is -0.0385. The Kier molecular flexibility index (Phi) is 3.47. The minimum absolute atomic E-state index is 0.0115. The number of aromatic nitrogens is 1. The van der Waals surface area contributed by atoms with E-state index in [1.807, 2.05) is 0 Å². The van der Waals surface area contributed by atoms with Crippen LogP contribution in [0, 0.1) is 5.92 Å². The van der Waals surface area contributed by atoms with Crippen molar-refractivity contribution in [3.05, 3.63) is 21.9 Å². The summed E-state index contributed by atoms with van der Waals surface area (Å²) in [5.41, 5.74) is 0.594. The van der Waals surface area contributed by atoms with Crippen LogP contribution in [0.3, 0.4) is 0 Å². The number of amides is 1. The highest BCUT2D eigenvalue weighted by Crippen LogP contribution is 2.34. The second kappa shape index (κ2) is 4.69. The van der Waals surface area contributed by atoms with Crippen LogP contribution in [0.5, 0.6) is 0 Å². The summed E-state index contributed by atoms with van der Waals surface area (Å²) in [4.78, 5) is 17.3. The maximum atomic E-state index is 11.7. The molecule has 1 amide bonds. The number of carbonyl (C=O) groups excluding carboxylic acids is 1. The first-order valence-corrected chi connectivity index (χ1v) is 6.00. The van der Waals surface area contributed by atoms with Crippen molar-refractivity contribution < 1.29 is 9.90 Å². The van der Waals surface area contributed by atoms with Crippen LogP contribution in [-0.2, 0) is 4.79 Å². The highest BCUT2D eigenvalue weighted by molar-refractivity contribution is 9.10. The Bertz CT molecular complexity index is 427. The lowest BCUT2D eigenvalue weighted by Gasteiger charge is -2.17. The van der Waals surface area contributed by atoms with Gasteiger partial charge >= 0.3 is 0 Å². The van der Waals surface area contributed by atoms with Crippen molar-refractivity contribution in [1.29, 1.82) is 0 Å². The molecule has 1 unspecified atom stereocenters. The highest BCUT2D eigenvalue weighted by Gasteiger charge is 2.31. The van der Waals surface area contributed by atoms with Crippen LogP contribution in [0.1, 0.15) is 6.42 Å². The molecule has 4 nitrogen and oxygen atoms in total. The van der Waals surface area contributed by atoms with E-state index in [-0.39, 0.29) is 18.4 Å². The van der Waals surface area contributed by atoms with Crippen molar-refractivity contribution in [1.82, 2.24) is 4.98 Å². The van der Waals surface area contributed by atoms with Crippen LogP contribution in [-0.4, -0.2) is 29.1 Å². The molecular formula is C10H10BrClN2O2. The summed E-state index contributed by atoms with van der Waals surface area (Å²) in [6, 6.07) is 0.